The third-order valence-electron chi connectivity index (χ3n) is 2.37. The lowest BCUT2D eigenvalue weighted by Gasteiger charge is -2.16. The molecule has 0 aromatic heterocycles. The summed E-state index contributed by atoms with van der Waals surface area (Å²) in [6.45, 7) is 1.96. The van der Waals surface area contributed by atoms with E-state index in [-0.39, 0.29) is 12.6 Å². The normalized spacial score (nSPS) is 11.9. The maximum Gasteiger partial charge on any atom is 0.312 e. The Morgan fingerprint density at radius 2 is 2.00 bits per heavy atom. The van der Waals surface area contributed by atoms with Crippen molar-refractivity contribution in [1.82, 2.24) is 5.32 Å². The van der Waals surface area contributed by atoms with Crippen molar-refractivity contribution in [2.45, 2.75) is 19.5 Å². The van der Waals surface area contributed by atoms with E-state index in [2.05, 4.69) is 5.32 Å². The van der Waals surface area contributed by atoms with Crippen LogP contribution in [0.25, 0.3) is 0 Å². The second-order valence-corrected chi connectivity index (χ2v) is 3.75. The zero-order chi connectivity index (χ0) is 13.0. The predicted octanol–water partition coefficient (Wildman–Crippen LogP) is -0.0265. The van der Waals surface area contributed by atoms with E-state index in [1.807, 2.05) is 0 Å². The van der Waals surface area contributed by atoms with E-state index >= 15 is 0 Å². The van der Waals surface area contributed by atoms with Crippen molar-refractivity contribution in [3.63, 3.8) is 0 Å². The molecule has 1 rings (SSSR count). The van der Waals surface area contributed by atoms with Crippen LogP contribution in [0.3, 0.4) is 0 Å². The van der Waals surface area contributed by atoms with Crippen molar-refractivity contribution in [2.75, 3.05) is 0 Å². The van der Waals surface area contributed by atoms with E-state index in [4.69, 9.17) is 17.2 Å². The van der Waals surface area contributed by atoms with Crippen LogP contribution in [0.4, 0.5) is 4.79 Å². The monoisotopic (exact) mass is 236 g/mol. The van der Waals surface area contributed by atoms with Crippen LogP contribution in [0.2, 0.25) is 0 Å². The van der Waals surface area contributed by atoms with Gasteiger partial charge in [-0.15, -0.1) is 0 Å². The van der Waals surface area contributed by atoms with E-state index in [1.54, 1.807) is 25.1 Å². The molecule has 6 heteroatoms. The van der Waals surface area contributed by atoms with Gasteiger partial charge in [-0.1, -0.05) is 12.1 Å². The number of amides is 3. The number of rotatable bonds is 4. The van der Waals surface area contributed by atoms with E-state index in [0.29, 0.717) is 11.1 Å². The van der Waals surface area contributed by atoms with Crippen LogP contribution in [0.1, 0.15) is 34.5 Å². The topological polar surface area (TPSA) is 124 Å². The fourth-order valence-corrected chi connectivity index (χ4v) is 1.70. The summed E-state index contributed by atoms with van der Waals surface area (Å²) in [5, 5.41) is 2.45. The average molecular weight is 236 g/mol. The van der Waals surface area contributed by atoms with Crippen molar-refractivity contribution < 1.29 is 9.59 Å². The van der Waals surface area contributed by atoms with Gasteiger partial charge in [0.15, 0.2) is 0 Å². The predicted molar refractivity (Wildman–Crippen MR) is 64.0 cm³/mol. The Morgan fingerprint density at radius 1 is 1.35 bits per heavy atom. The first kappa shape index (κ1) is 13.0. The molecule has 0 aliphatic rings. The van der Waals surface area contributed by atoms with E-state index in [0.717, 1.165) is 5.56 Å². The molecule has 0 saturated heterocycles. The Balaban J connectivity index is 3.15. The standard InChI is InChI=1S/C11H16N4O2/c1-6(12)9-7(5-15-11(14)17)3-2-4-8(9)10(13)16/h2-4,6H,5,12H2,1H3,(H2,13,16)(H3,14,15,17). The summed E-state index contributed by atoms with van der Waals surface area (Å²) in [7, 11) is 0. The fraction of sp³-hybridized carbons (Fsp3) is 0.273. The molecule has 0 bridgehead atoms. The smallest absolute Gasteiger partial charge is 0.312 e. The molecule has 0 saturated carbocycles. The molecule has 1 aromatic carbocycles. The van der Waals surface area contributed by atoms with Crippen LogP contribution in [-0.2, 0) is 6.54 Å². The fourth-order valence-electron chi connectivity index (χ4n) is 1.70. The highest BCUT2D eigenvalue weighted by molar-refractivity contribution is 5.94. The van der Waals surface area contributed by atoms with E-state index in [9.17, 15) is 9.59 Å². The lowest BCUT2D eigenvalue weighted by atomic mass is 9.95. The average Bonchev–Trinajstić information content (AvgIpc) is 2.25. The summed E-state index contributed by atoms with van der Waals surface area (Å²) in [6.07, 6.45) is 0. The Morgan fingerprint density at radius 3 is 2.47 bits per heavy atom. The van der Waals surface area contributed by atoms with Gasteiger partial charge in [0.2, 0.25) is 5.91 Å². The molecule has 0 spiro atoms. The van der Waals surface area contributed by atoms with E-state index in [1.165, 1.54) is 0 Å². The quantitative estimate of drug-likeness (QED) is 0.586. The van der Waals surface area contributed by atoms with E-state index < -0.39 is 11.9 Å². The number of benzene rings is 1. The van der Waals surface area contributed by atoms with Crippen LogP contribution in [-0.4, -0.2) is 11.9 Å². The number of nitrogens with one attached hydrogen (secondary N) is 1. The third kappa shape index (κ3) is 3.18. The Kier molecular flexibility index (Phi) is 4.06. The lowest BCUT2D eigenvalue weighted by Crippen LogP contribution is -2.30. The number of nitrogens with two attached hydrogens (primary N) is 3. The van der Waals surface area contributed by atoms with Crippen LogP contribution in [0.5, 0.6) is 0 Å². The van der Waals surface area contributed by atoms with Gasteiger partial charge in [-0.3, -0.25) is 4.79 Å². The minimum absolute atomic E-state index is 0.216. The lowest BCUT2D eigenvalue weighted by molar-refractivity contribution is 0.0999. The van der Waals surface area contributed by atoms with Crippen molar-refractivity contribution in [3.8, 4) is 0 Å². The van der Waals surface area contributed by atoms with Crippen LogP contribution in [0.15, 0.2) is 18.2 Å². The van der Waals surface area contributed by atoms with Gasteiger partial charge in [0.05, 0.1) is 0 Å². The molecule has 0 aliphatic heterocycles. The molecule has 92 valence electrons. The van der Waals surface area contributed by atoms with Gasteiger partial charge in [0, 0.05) is 18.2 Å². The van der Waals surface area contributed by atoms with Crippen molar-refractivity contribution in [1.29, 1.82) is 0 Å². The minimum atomic E-state index is -0.634. The second-order valence-electron chi connectivity index (χ2n) is 3.75. The summed E-state index contributed by atoms with van der Waals surface area (Å²) in [6, 6.07) is 4.06. The Bertz CT molecular complexity index is 443. The molecule has 0 radical (unpaired) electrons. The van der Waals surface area contributed by atoms with Crippen LogP contribution in [0, 0.1) is 0 Å². The van der Waals surface area contributed by atoms with Crippen molar-refractivity contribution in [2.24, 2.45) is 17.2 Å². The first-order valence-corrected chi connectivity index (χ1v) is 5.14. The van der Waals surface area contributed by atoms with Gasteiger partial charge in [0.25, 0.3) is 0 Å². The molecule has 1 unspecified atom stereocenters. The number of carbonyl (C=O) groups excluding carboxylic acids is 2. The van der Waals surface area contributed by atoms with Crippen LogP contribution < -0.4 is 22.5 Å². The minimum Gasteiger partial charge on any atom is -0.366 e. The number of hydrogen-bond donors (Lipinski definition) is 4. The zero-order valence-corrected chi connectivity index (χ0v) is 9.57. The SMILES string of the molecule is CC(N)c1c(CNC(N)=O)cccc1C(N)=O. The summed E-state index contributed by atoms with van der Waals surface area (Å²) < 4.78 is 0. The molecule has 0 fully saturated rings. The maximum absolute atomic E-state index is 11.3. The van der Waals surface area contributed by atoms with Crippen LogP contribution >= 0.6 is 0 Å². The molecule has 0 heterocycles. The molecular weight excluding hydrogens is 220 g/mol. The van der Waals surface area contributed by atoms with Gasteiger partial charge in [-0.05, 0) is 24.1 Å². The molecule has 0 aliphatic carbocycles. The first-order chi connectivity index (χ1) is 7.93. The highest BCUT2D eigenvalue weighted by Crippen LogP contribution is 2.20. The van der Waals surface area contributed by atoms with Gasteiger partial charge in [-0.25, -0.2) is 4.79 Å². The largest absolute Gasteiger partial charge is 0.366 e. The van der Waals surface area contributed by atoms with Gasteiger partial charge in [-0.2, -0.15) is 0 Å². The maximum atomic E-state index is 11.3. The van der Waals surface area contributed by atoms with Crippen molar-refractivity contribution >= 4 is 11.9 Å². The molecule has 1 atom stereocenters. The molecule has 6 nitrogen and oxygen atoms in total. The molecule has 1 aromatic rings. The highest BCUT2D eigenvalue weighted by Gasteiger charge is 2.15. The Hall–Kier alpha value is -2.08. The first-order valence-electron chi connectivity index (χ1n) is 5.14. The second kappa shape index (κ2) is 5.31. The van der Waals surface area contributed by atoms with Gasteiger partial charge < -0.3 is 22.5 Å². The molecule has 17 heavy (non-hydrogen) atoms. The van der Waals surface area contributed by atoms with Gasteiger partial charge >= 0.3 is 6.03 Å². The number of urea groups is 1. The summed E-state index contributed by atoms with van der Waals surface area (Å²) in [5.41, 5.74) is 17.8. The number of carbonyl (C=O) groups is 2. The molecular formula is C11H16N4O2. The third-order valence-corrected chi connectivity index (χ3v) is 2.37. The zero-order valence-electron chi connectivity index (χ0n) is 9.57. The summed E-state index contributed by atoms with van der Waals surface area (Å²) >= 11 is 0. The number of hydrogen-bond acceptors (Lipinski definition) is 3. The van der Waals surface area contributed by atoms with Gasteiger partial charge in [0.1, 0.15) is 0 Å². The Labute approximate surface area is 99.1 Å². The number of primary amides is 2. The van der Waals surface area contributed by atoms with Crippen molar-refractivity contribution in [3.05, 3.63) is 34.9 Å². The highest BCUT2D eigenvalue weighted by atomic mass is 16.2. The molecule has 7 N–H and O–H groups in total. The summed E-state index contributed by atoms with van der Waals surface area (Å²) in [5.74, 6) is -0.543. The molecule has 3 amide bonds. The summed E-state index contributed by atoms with van der Waals surface area (Å²) in [4.78, 5) is 21.9.